The number of rotatable bonds is 3. The maximum Gasteiger partial charge on any atom is 0.0948 e. The maximum absolute atomic E-state index is 9.53. The summed E-state index contributed by atoms with van der Waals surface area (Å²) in [5, 5.41) is 12.8. The number of ether oxygens (including phenoxy) is 1. The van der Waals surface area contributed by atoms with E-state index < -0.39 is 0 Å². The molecular formula is C12H17NO2. The smallest absolute Gasteiger partial charge is 0.0948 e. The Hall–Kier alpha value is -0.900. The van der Waals surface area contributed by atoms with Crippen LogP contribution in [0.2, 0.25) is 0 Å². The molecule has 0 saturated carbocycles. The van der Waals surface area contributed by atoms with Crippen LogP contribution in [0.5, 0.6) is 0 Å². The molecule has 3 nitrogen and oxygen atoms in total. The van der Waals surface area contributed by atoms with Crippen LogP contribution in [0, 0.1) is 6.92 Å². The number of hydrogen-bond acceptors (Lipinski definition) is 3. The molecule has 0 radical (unpaired) electrons. The molecule has 1 aliphatic rings. The largest absolute Gasteiger partial charge is 0.389 e. The molecule has 15 heavy (non-hydrogen) atoms. The Kier molecular flexibility index (Phi) is 3.36. The molecule has 0 spiro atoms. The van der Waals surface area contributed by atoms with E-state index in [0.717, 1.165) is 6.54 Å². The van der Waals surface area contributed by atoms with Crippen LogP contribution >= 0.6 is 0 Å². The summed E-state index contributed by atoms with van der Waals surface area (Å²) in [7, 11) is 0. The van der Waals surface area contributed by atoms with Gasteiger partial charge < -0.3 is 15.2 Å². The molecule has 1 saturated heterocycles. The second kappa shape index (κ2) is 4.75. The number of aliphatic hydroxyl groups is 1. The highest BCUT2D eigenvalue weighted by Gasteiger charge is 2.25. The fourth-order valence-corrected chi connectivity index (χ4v) is 1.81. The van der Waals surface area contributed by atoms with E-state index in [0.29, 0.717) is 13.2 Å². The van der Waals surface area contributed by atoms with Crippen molar-refractivity contribution in [2.45, 2.75) is 25.6 Å². The highest BCUT2D eigenvalue weighted by atomic mass is 16.5. The van der Waals surface area contributed by atoms with Gasteiger partial charge in [-0.05, 0) is 12.5 Å². The van der Waals surface area contributed by atoms with Crippen molar-refractivity contribution in [3.8, 4) is 0 Å². The minimum Gasteiger partial charge on any atom is -0.389 e. The van der Waals surface area contributed by atoms with E-state index in [1.165, 1.54) is 11.1 Å². The molecule has 2 unspecified atom stereocenters. The number of benzene rings is 1. The summed E-state index contributed by atoms with van der Waals surface area (Å²) in [5.74, 6) is 0. The van der Waals surface area contributed by atoms with Gasteiger partial charge in [-0.25, -0.2) is 0 Å². The van der Waals surface area contributed by atoms with Crippen molar-refractivity contribution >= 4 is 0 Å². The standard InChI is InChI=1S/C12H17NO2/c1-9-3-2-4-10(5-9)6-13-11-7-15-8-12(11)14/h2-5,11-14H,6-8H2,1H3. The SMILES string of the molecule is Cc1cccc(CNC2COCC2O)c1. The van der Waals surface area contributed by atoms with Crippen molar-refractivity contribution in [1.82, 2.24) is 5.32 Å². The maximum atomic E-state index is 9.53. The van der Waals surface area contributed by atoms with Gasteiger partial charge in [0.2, 0.25) is 0 Å². The zero-order valence-corrected chi connectivity index (χ0v) is 8.94. The lowest BCUT2D eigenvalue weighted by Gasteiger charge is -2.14. The number of aryl methyl sites for hydroxylation is 1. The van der Waals surface area contributed by atoms with E-state index in [4.69, 9.17) is 4.74 Å². The van der Waals surface area contributed by atoms with Crippen LogP contribution in [0.1, 0.15) is 11.1 Å². The minimum atomic E-state index is -0.366. The molecule has 3 heteroatoms. The molecule has 1 fully saturated rings. The predicted molar refractivity (Wildman–Crippen MR) is 58.6 cm³/mol. The second-order valence-electron chi connectivity index (χ2n) is 4.08. The van der Waals surface area contributed by atoms with Gasteiger partial charge in [0.05, 0.1) is 25.4 Å². The summed E-state index contributed by atoms with van der Waals surface area (Å²) in [6, 6.07) is 8.44. The minimum absolute atomic E-state index is 0.0745. The zero-order valence-electron chi connectivity index (χ0n) is 8.94. The highest BCUT2D eigenvalue weighted by molar-refractivity contribution is 5.22. The molecule has 2 N–H and O–H groups in total. The number of nitrogens with one attached hydrogen (secondary N) is 1. The van der Waals surface area contributed by atoms with Crippen molar-refractivity contribution in [3.63, 3.8) is 0 Å². The van der Waals surface area contributed by atoms with Crippen molar-refractivity contribution in [3.05, 3.63) is 35.4 Å². The van der Waals surface area contributed by atoms with Crippen molar-refractivity contribution in [2.24, 2.45) is 0 Å². The number of aliphatic hydroxyl groups excluding tert-OH is 1. The molecule has 1 aromatic rings. The summed E-state index contributed by atoms with van der Waals surface area (Å²) in [5.41, 5.74) is 2.51. The van der Waals surface area contributed by atoms with Crippen LogP contribution < -0.4 is 5.32 Å². The summed E-state index contributed by atoms with van der Waals surface area (Å²) in [6.45, 7) is 3.92. The first-order chi connectivity index (χ1) is 7.25. The summed E-state index contributed by atoms with van der Waals surface area (Å²) >= 11 is 0. The van der Waals surface area contributed by atoms with Gasteiger partial charge in [-0.3, -0.25) is 0 Å². The Balaban J connectivity index is 1.87. The van der Waals surface area contributed by atoms with Gasteiger partial charge in [0, 0.05) is 6.54 Å². The van der Waals surface area contributed by atoms with Gasteiger partial charge in [0.25, 0.3) is 0 Å². The quantitative estimate of drug-likeness (QED) is 0.772. The third kappa shape index (κ3) is 2.78. The van der Waals surface area contributed by atoms with Crippen LogP contribution in [0.4, 0.5) is 0 Å². The molecular weight excluding hydrogens is 190 g/mol. The van der Waals surface area contributed by atoms with Gasteiger partial charge in [0.1, 0.15) is 0 Å². The van der Waals surface area contributed by atoms with Crippen LogP contribution in [0.15, 0.2) is 24.3 Å². The van der Waals surface area contributed by atoms with Crippen molar-refractivity contribution in [1.29, 1.82) is 0 Å². The van der Waals surface area contributed by atoms with E-state index in [-0.39, 0.29) is 12.1 Å². The van der Waals surface area contributed by atoms with E-state index >= 15 is 0 Å². The lowest BCUT2D eigenvalue weighted by molar-refractivity contribution is 0.122. The van der Waals surface area contributed by atoms with Crippen molar-refractivity contribution in [2.75, 3.05) is 13.2 Å². The second-order valence-corrected chi connectivity index (χ2v) is 4.08. The Labute approximate surface area is 90.1 Å². The molecule has 0 aromatic heterocycles. The molecule has 82 valence electrons. The average Bonchev–Trinajstić information content (AvgIpc) is 2.61. The normalized spacial score (nSPS) is 25.7. The first-order valence-corrected chi connectivity index (χ1v) is 5.30. The summed E-state index contributed by atoms with van der Waals surface area (Å²) < 4.78 is 5.17. The topological polar surface area (TPSA) is 41.5 Å². The van der Waals surface area contributed by atoms with Crippen LogP contribution in [-0.4, -0.2) is 30.5 Å². The first-order valence-electron chi connectivity index (χ1n) is 5.30. The molecule has 1 heterocycles. The monoisotopic (exact) mass is 207 g/mol. The Morgan fingerprint density at radius 3 is 3.00 bits per heavy atom. The highest BCUT2D eigenvalue weighted by Crippen LogP contribution is 2.08. The van der Waals surface area contributed by atoms with Crippen LogP contribution in [0.3, 0.4) is 0 Å². The van der Waals surface area contributed by atoms with Crippen molar-refractivity contribution < 1.29 is 9.84 Å². The fourth-order valence-electron chi connectivity index (χ4n) is 1.81. The van der Waals surface area contributed by atoms with Gasteiger partial charge in [-0.1, -0.05) is 29.8 Å². The van der Waals surface area contributed by atoms with E-state index in [9.17, 15) is 5.11 Å². The first kappa shape index (κ1) is 10.6. The molecule has 1 aliphatic heterocycles. The van der Waals surface area contributed by atoms with Crippen LogP contribution in [0.25, 0.3) is 0 Å². The Morgan fingerprint density at radius 1 is 1.47 bits per heavy atom. The number of hydrogen-bond donors (Lipinski definition) is 2. The lowest BCUT2D eigenvalue weighted by Crippen LogP contribution is -2.38. The molecule has 2 atom stereocenters. The Bertz CT molecular complexity index is 327. The van der Waals surface area contributed by atoms with Gasteiger partial charge in [-0.15, -0.1) is 0 Å². The Morgan fingerprint density at radius 2 is 2.33 bits per heavy atom. The predicted octanol–water partition coefficient (Wildman–Crippen LogP) is 0.844. The fraction of sp³-hybridized carbons (Fsp3) is 0.500. The molecule has 0 amide bonds. The van der Waals surface area contributed by atoms with Gasteiger partial charge in [-0.2, -0.15) is 0 Å². The van der Waals surface area contributed by atoms with Crippen LogP contribution in [-0.2, 0) is 11.3 Å². The zero-order chi connectivity index (χ0) is 10.7. The lowest BCUT2D eigenvalue weighted by atomic mass is 10.1. The van der Waals surface area contributed by atoms with E-state index in [1.807, 2.05) is 6.07 Å². The molecule has 0 aliphatic carbocycles. The van der Waals surface area contributed by atoms with Gasteiger partial charge in [0.15, 0.2) is 0 Å². The molecule has 0 bridgehead atoms. The van der Waals surface area contributed by atoms with Gasteiger partial charge >= 0.3 is 0 Å². The summed E-state index contributed by atoms with van der Waals surface area (Å²) in [6.07, 6.45) is -0.366. The molecule has 1 aromatic carbocycles. The third-order valence-electron chi connectivity index (χ3n) is 2.70. The van der Waals surface area contributed by atoms with E-state index in [2.05, 4.69) is 30.4 Å². The average molecular weight is 207 g/mol. The summed E-state index contributed by atoms with van der Waals surface area (Å²) in [4.78, 5) is 0. The molecule has 2 rings (SSSR count). The third-order valence-corrected chi connectivity index (χ3v) is 2.70. The van der Waals surface area contributed by atoms with E-state index in [1.54, 1.807) is 0 Å².